The third-order valence-electron chi connectivity index (χ3n) is 6.03. The number of rotatable bonds is 2. The number of pyridine rings is 1. The van der Waals surface area contributed by atoms with Crippen LogP contribution >= 0.6 is 12.4 Å². The van der Waals surface area contributed by atoms with Gasteiger partial charge in [-0.05, 0) is 56.0 Å². The number of benzene rings is 1. The second kappa shape index (κ2) is 7.72. The van der Waals surface area contributed by atoms with E-state index >= 15 is 0 Å². The molecule has 3 fully saturated rings. The van der Waals surface area contributed by atoms with Crippen molar-refractivity contribution in [1.29, 1.82) is 0 Å². The molecule has 154 valence electrons. The van der Waals surface area contributed by atoms with E-state index in [0.717, 1.165) is 25.9 Å². The van der Waals surface area contributed by atoms with Crippen LogP contribution in [0.5, 0.6) is 11.5 Å². The quantitative estimate of drug-likeness (QED) is 0.810. The van der Waals surface area contributed by atoms with Gasteiger partial charge in [0.2, 0.25) is 6.79 Å². The Kier molecular flexibility index (Phi) is 5.27. The van der Waals surface area contributed by atoms with Crippen molar-refractivity contribution in [3.8, 4) is 17.2 Å². The zero-order chi connectivity index (χ0) is 19.3. The van der Waals surface area contributed by atoms with Crippen LogP contribution in [0, 0.1) is 12.8 Å². The largest absolute Gasteiger partial charge is 0.454 e. The smallest absolute Gasteiger partial charge is 0.268 e. The number of amides is 1. The van der Waals surface area contributed by atoms with Crippen LogP contribution in [0.4, 0.5) is 0 Å². The lowest BCUT2D eigenvalue weighted by Gasteiger charge is -2.36. The number of hydrogen-bond acceptors (Lipinski definition) is 5. The van der Waals surface area contributed by atoms with Crippen molar-refractivity contribution in [2.75, 3.05) is 26.4 Å². The van der Waals surface area contributed by atoms with Crippen LogP contribution in [-0.2, 0) is 0 Å². The Bertz CT molecular complexity index is 1000. The van der Waals surface area contributed by atoms with Crippen molar-refractivity contribution < 1.29 is 14.3 Å². The molecule has 0 unspecified atom stereocenters. The molecule has 1 aromatic heterocycles. The molecule has 29 heavy (non-hydrogen) atoms. The number of ether oxygens (including phenoxy) is 2. The van der Waals surface area contributed by atoms with E-state index in [0.29, 0.717) is 35.2 Å². The molecule has 2 bridgehead atoms. The van der Waals surface area contributed by atoms with Gasteiger partial charge in [-0.15, -0.1) is 12.4 Å². The Morgan fingerprint density at radius 1 is 1.14 bits per heavy atom. The SMILES string of the molecule is Cc1ccn(-c2ccc3c(c2)OCO3)c(=O)c1C(=O)N1C[C@@H]2CC[C@H]1CNC2.Cl. The third kappa shape index (κ3) is 3.38. The van der Waals surface area contributed by atoms with Crippen molar-refractivity contribution in [2.45, 2.75) is 25.8 Å². The summed E-state index contributed by atoms with van der Waals surface area (Å²) in [4.78, 5) is 28.6. The van der Waals surface area contributed by atoms with Crippen molar-refractivity contribution in [3.05, 3.63) is 51.9 Å². The average molecular weight is 418 g/mol. The van der Waals surface area contributed by atoms with E-state index in [-0.39, 0.29) is 42.3 Å². The fourth-order valence-electron chi connectivity index (χ4n) is 4.45. The summed E-state index contributed by atoms with van der Waals surface area (Å²) in [5.41, 5.74) is 1.33. The maximum atomic E-state index is 13.4. The molecule has 1 N–H and O–H groups in total. The van der Waals surface area contributed by atoms with Gasteiger partial charge in [0.15, 0.2) is 11.5 Å². The van der Waals surface area contributed by atoms with Crippen LogP contribution in [0.25, 0.3) is 5.69 Å². The van der Waals surface area contributed by atoms with E-state index in [9.17, 15) is 9.59 Å². The number of fused-ring (bicyclic) bond motifs is 5. The average Bonchev–Trinajstić information content (AvgIpc) is 2.92. The highest BCUT2D eigenvalue weighted by Crippen LogP contribution is 2.33. The molecule has 4 aliphatic heterocycles. The number of carbonyl (C=O) groups excluding carboxylic acids is 1. The van der Waals surface area contributed by atoms with Gasteiger partial charge in [0, 0.05) is 31.4 Å². The van der Waals surface area contributed by atoms with Gasteiger partial charge in [-0.2, -0.15) is 0 Å². The van der Waals surface area contributed by atoms with Crippen LogP contribution in [0.15, 0.2) is 35.3 Å². The molecule has 2 aromatic rings. The summed E-state index contributed by atoms with van der Waals surface area (Å²) < 4.78 is 12.3. The van der Waals surface area contributed by atoms with Crippen LogP contribution in [0.2, 0.25) is 0 Å². The van der Waals surface area contributed by atoms with Gasteiger partial charge < -0.3 is 19.7 Å². The standard InChI is InChI=1S/C21H23N3O4.ClH/c1-13-6-7-23(15-4-5-17-18(8-15)28-12-27-17)20(25)19(13)21(26)24-11-14-2-3-16(24)10-22-9-14;/h4-8,14,16,22H,2-3,9-12H2,1H3;1H/t14-,16+;/m1./s1. The summed E-state index contributed by atoms with van der Waals surface area (Å²) in [6.45, 7) is 4.46. The van der Waals surface area contributed by atoms with Gasteiger partial charge in [-0.1, -0.05) is 0 Å². The van der Waals surface area contributed by atoms with Crippen LogP contribution in [-0.4, -0.2) is 47.8 Å². The minimum Gasteiger partial charge on any atom is -0.454 e. The number of nitrogens with zero attached hydrogens (tertiary/aromatic N) is 2. The summed E-state index contributed by atoms with van der Waals surface area (Å²) in [6, 6.07) is 7.34. The monoisotopic (exact) mass is 417 g/mol. The molecule has 8 heteroatoms. The van der Waals surface area contributed by atoms with Gasteiger partial charge >= 0.3 is 0 Å². The van der Waals surface area contributed by atoms with E-state index in [2.05, 4.69) is 5.32 Å². The summed E-state index contributed by atoms with van der Waals surface area (Å²) >= 11 is 0. The molecule has 0 aliphatic carbocycles. The Morgan fingerprint density at radius 3 is 2.83 bits per heavy atom. The van der Waals surface area contributed by atoms with Crippen LogP contribution < -0.4 is 20.3 Å². The molecule has 2 atom stereocenters. The Hall–Kier alpha value is -2.51. The van der Waals surface area contributed by atoms with Gasteiger partial charge in [-0.25, -0.2) is 0 Å². The van der Waals surface area contributed by atoms with E-state index in [1.54, 1.807) is 24.4 Å². The van der Waals surface area contributed by atoms with E-state index in [1.165, 1.54) is 4.57 Å². The molecule has 6 rings (SSSR count). The first-order chi connectivity index (χ1) is 13.6. The highest BCUT2D eigenvalue weighted by molar-refractivity contribution is 5.95. The predicted molar refractivity (Wildman–Crippen MR) is 111 cm³/mol. The molecule has 7 nitrogen and oxygen atoms in total. The number of aromatic nitrogens is 1. The second-order valence-electron chi connectivity index (χ2n) is 7.80. The Morgan fingerprint density at radius 2 is 1.97 bits per heavy atom. The number of piperidine rings is 1. The zero-order valence-electron chi connectivity index (χ0n) is 16.2. The minimum atomic E-state index is -0.294. The Labute approximate surface area is 175 Å². The number of carbonyl (C=O) groups is 1. The topological polar surface area (TPSA) is 72.8 Å². The van der Waals surface area contributed by atoms with E-state index < -0.39 is 0 Å². The maximum Gasteiger partial charge on any atom is 0.268 e. The van der Waals surface area contributed by atoms with Crippen LogP contribution in [0.3, 0.4) is 0 Å². The van der Waals surface area contributed by atoms with Gasteiger partial charge in [-0.3, -0.25) is 14.2 Å². The normalized spacial score (nSPS) is 22.2. The number of hydrogen-bond donors (Lipinski definition) is 1. The summed E-state index contributed by atoms with van der Waals surface area (Å²) in [5, 5.41) is 3.43. The van der Waals surface area contributed by atoms with Crippen molar-refractivity contribution in [2.24, 2.45) is 5.92 Å². The van der Waals surface area contributed by atoms with Gasteiger partial charge in [0.25, 0.3) is 11.5 Å². The fourth-order valence-corrected chi connectivity index (χ4v) is 4.45. The van der Waals surface area contributed by atoms with E-state index in [4.69, 9.17) is 9.47 Å². The first-order valence-corrected chi connectivity index (χ1v) is 9.76. The highest BCUT2D eigenvalue weighted by Gasteiger charge is 2.36. The first-order valence-electron chi connectivity index (χ1n) is 9.76. The van der Waals surface area contributed by atoms with E-state index in [1.807, 2.05) is 17.9 Å². The number of nitrogens with one attached hydrogen (secondary N) is 1. The molecule has 1 amide bonds. The third-order valence-corrected chi connectivity index (χ3v) is 6.03. The lowest BCUT2D eigenvalue weighted by Crippen LogP contribution is -2.49. The summed E-state index contributed by atoms with van der Waals surface area (Å²) in [6.07, 6.45) is 3.84. The lowest BCUT2D eigenvalue weighted by atomic mass is 9.94. The molecular weight excluding hydrogens is 394 g/mol. The molecular formula is C21H24ClN3O4. The Balaban J connectivity index is 0.00000205. The van der Waals surface area contributed by atoms with Crippen LogP contribution in [0.1, 0.15) is 28.8 Å². The molecule has 5 heterocycles. The number of halogens is 1. The first kappa shape index (κ1) is 19.8. The van der Waals surface area contributed by atoms with Gasteiger partial charge in [0.1, 0.15) is 5.56 Å². The highest BCUT2D eigenvalue weighted by atomic mass is 35.5. The molecule has 3 saturated heterocycles. The molecule has 0 radical (unpaired) electrons. The predicted octanol–water partition coefficient (Wildman–Crippen LogP) is 2.12. The minimum absolute atomic E-state index is 0. The maximum absolute atomic E-state index is 13.4. The molecule has 0 spiro atoms. The summed E-state index contributed by atoms with van der Waals surface area (Å²) in [5.74, 6) is 1.57. The molecule has 1 aromatic carbocycles. The molecule has 4 aliphatic rings. The van der Waals surface area contributed by atoms with Crippen molar-refractivity contribution in [3.63, 3.8) is 0 Å². The van der Waals surface area contributed by atoms with Crippen molar-refractivity contribution in [1.82, 2.24) is 14.8 Å². The number of aryl methyl sites for hydroxylation is 1. The second-order valence-corrected chi connectivity index (χ2v) is 7.80. The summed E-state index contributed by atoms with van der Waals surface area (Å²) in [7, 11) is 0. The fraction of sp³-hybridized carbons (Fsp3) is 0.429. The van der Waals surface area contributed by atoms with Crippen molar-refractivity contribution >= 4 is 18.3 Å². The lowest BCUT2D eigenvalue weighted by molar-refractivity contribution is 0.0588. The molecule has 0 saturated carbocycles. The zero-order valence-corrected chi connectivity index (χ0v) is 17.0. The van der Waals surface area contributed by atoms with Gasteiger partial charge in [0.05, 0.1) is 5.69 Å².